The van der Waals surface area contributed by atoms with Crippen LogP contribution in [-0.2, 0) is 6.54 Å². The molecular formula is C20H17FN2O3. The molecule has 0 amide bonds. The van der Waals surface area contributed by atoms with Crippen LogP contribution in [0.3, 0.4) is 0 Å². The third-order valence-corrected chi connectivity index (χ3v) is 4.58. The Labute approximate surface area is 149 Å². The van der Waals surface area contributed by atoms with Gasteiger partial charge in [0.2, 0.25) is 0 Å². The smallest absolute Gasteiger partial charge is 0.336 e. The highest BCUT2D eigenvalue weighted by atomic mass is 19.1. The topological polar surface area (TPSA) is 66.6 Å². The summed E-state index contributed by atoms with van der Waals surface area (Å²) in [5, 5.41) is 10.4. The fourth-order valence-electron chi connectivity index (χ4n) is 3.29. The SMILES string of the molecule is O=c1cc(CN2CC=C(c3cncc(F)c3)CC2)c2ccc(O)cc2o1. The molecule has 1 N–H and O–H groups in total. The van der Waals surface area contributed by atoms with E-state index in [-0.39, 0.29) is 11.6 Å². The maximum atomic E-state index is 13.3. The first kappa shape index (κ1) is 16.5. The van der Waals surface area contributed by atoms with Gasteiger partial charge in [-0.2, -0.15) is 0 Å². The molecule has 3 heterocycles. The zero-order valence-corrected chi connectivity index (χ0v) is 14.0. The normalized spacial score (nSPS) is 15.2. The lowest BCUT2D eigenvalue weighted by Gasteiger charge is -2.26. The third-order valence-electron chi connectivity index (χ3n) is 4.58. The number of hydrogen-bond acceptors (Lipinski definition) is 5. The Morgan fingerprint density at radius 3 is 2.88 bits per heavy atom. The molecule has 3 aromatic rings. The molecule has 0 spiro atoms. The minimum atomic E-state index is -0.433. The Bertz CT molecular complexity index is 1060. The van der Waals surface area contributed by atoms with Crippen molar-refractivity contribution in [1.29, 1.82) is 0 Å². The second-order valence-electron chi connectivity index (χ2n) is 6.38. The van der Waals surface area contributed by atoms with Gasteiger partial charge in [0.15, 0.2) is 0 Å². The van der Waals surface area contributed by atoms with Crippen molar-refractivity contribution in [3.8, 4) is 5.75 Å². The standard InChI is InChI=1S/C20H17FN2O3/c21-16-7-14(10-22-11-16)13-3-5-23(6-4-13)12-15-8-20(25)26-19-9-17(24)1-2-18(15)19/h1-3,7-11,24H,4-6,12H2. The van der Waals surface area contributed by atoms with E-state index in [1.54, 1.807) is 18.3 Å². The number of hydrogen-bond donors (Lipinski definition) is 1. The van der Waals surface area contributed by atoms with Gasteiger partial charge in [0.05, 0.1) is 6.20 Å². The van der Waals surface area contributed by atoms with E-state index in [0.717, 1.165) is 35.1 Å². The maximum Gasteiger partial charge on any atom is 0.336 e. The van der Waals surface area contributed by atoms with Gasteiger partial charge in [-0.3, -0.25) is 9.88 Å². The van der Waals surface area contributed by atoms with Crippen LogP contribution in [0.15, 0.2) is 58.0 Å². The molecular weight excluding hydrogens is 335 g/mol. The summed E-state index contributed by atoms with van der Waals surface area (Å²) in [5.41, 5.74) is 2.70. The molecule has 0 saturated heterocycles. The Kier molecular flexibility index (Phi) is 4.26. The van der Waals surface area contributed by atoms with Gasteiger partial charge in [-0.05, 0) is 41.3 Å². The van der Waals surface area contributed by atoms with Gasteiger partial charge < -0.3 is 9.52 Å². The van der Waals surface area contributed by atoms with Crippen molar-refractivity contribution >= 4 is 16.5 Å². The minimum Gasteiger partial charge on any atom is -0.508 e. The van der Waals surface area contributed by atoms with Crippen molar-refractivity contribution < 1.29 is 13.9 Å². The molecule has 0 unspecified atom stereocenters. The Morgan fingerprint density at radius 1 is 1.23 bits per heavy atom. The lowest BCUT2D eigenvalue weighted by Crippen LogP contribution is -2.28. The number of phenols is 1. The summed E-state index contributed by atoms with van der Waals surface area (Å²) in [6.07, 6.45) is 5.72. The predicted molar refractivity (Wildman–Crippen MR) is 96.2 cm³/mol. The summed E-state index contributed by atoms with van der Waals surface area (Å²) in [6.45, 7) is 2.09. The van der Waals surface area contributed by atoms with Gasteiger partial charge >= 0.3 is 5.63 Å². The number of fused-ring (bicyclic) bond motifs is 1. The first-order valence-electron chi connectivity index (χ1n) is 8.36. The molecule has 2 aromatic heterocycles. The van der Waals surface area contributed by atoms with E-state index in [4.69, 9.17) is 4.42 Å². The van der Waals surface area contributed by atoms with Crippen LogP contribution >= 0.6 is 0 Å². The number of phenolic OH excluding ortho intramolecular Hbond substituents is 1. The lowest BCUT2D eigenvalue weighted by atomic mass is 10.0. The Hall–Kier alpha value is -2.99. The number of aromatic hydroxyl groups is 1. The molecule has 1 aromatic carbocycles. The van der Waals surface area contributed by atoms with Crippen LogP contribution in [0.25, 0.3) is 16.5 Å². The largest absolute Gasteiger partial charge is 0.508 e. The molecule has 5 nitrogen and oxygen atoms in total. The molecule has 6 heteroatoms. The highest BCUT2D eigenvalue weighted by Gasteiger charge is 2.16. The van der Waals surface area contributed by atoms with Crippen molar-refractivity contribution in [1.82, 2.24) is 9.88 Å². The highest BCUT2D eigenvalue weighted by molar-refractivity contribution is 5.81. The number of nitrogens with zero attached hydrogens (tertiary/aromatic N) is 2. The quantitative estimate of drug-likeness (QED) is 0.733. The molecule has 0 radical (unpaired) electrons. The van der Waals surface area contributed by atoms with Crippen molar-refractivity contribution in [3.63, 3.8) is 0 Å². The Balaban J connectivity index is 1.56. The second-order valence-corrected chi connectivity index (χ2v) is 6.38. The minimum absolute atomic E-state index is 0.0621. The molecule has 0 atom stereocenters. The number of pyridine rings is 1. The zero-order valence-electron chi connectivity index (χ0n) is 14.0. The fourth-order valence-corrected chi connectivity index (χ4v) is 3.29. The van der Waals surface area contributed by atoms with E-state index in [0.29, 0.717) is 18.7 Å². The summed E-state index contributed by atoms with van der Waals surface area (Å²) in [7, 11) is 0. The summed E-state index contributed by atoms with van der Waals surface area (Å²) in [5.74, 6) is -0.274. The second kappa shape index (κ2) is 6.72. The summed E-state index contributed by atoms with van der Waals surface area (Å²) in [4.78, 5) is 17.9. The van der Waals surface area contributed by atoms with E-state index >= 15 is 0 Å². The summed E-state index contributed by atoms with van der Waals surface area (Å²) >= 11 is 0. The van der Waals surface area contributed by atoms with Gasteiger partial charge in [-0.1, -0.05) is 6.08 Å². The number of aromatic nitrogens is 1. The monoisotopic (exact) mass is 352 g/mol. The van der Waals surface area contributed by atoms with Gasteiger partial charge in [0, 0.05) is 43.4 Å². The molecule has 1 aliphatic heterocycles. The molecule has 4 rings (SSSR count). The van der Waals surface area contributed by atoms with Crippen molar-refractivity contribution in [3.05, 3.63) is 76.2 Å². The van der Waals surface area contributed by atoms with Crippen LogP contribution in [0, 0.1) is 5.82 Å². The van der Waals surface area contributed by atoms with Crippen LogP contribution < -0.4 is 5.63 Å². The van der Waals surface area contributed by atoms with Crippen molar-refractivity contribution in [2.24, 2.45) is 0 Å². The van der Waals surface area contributed by atoms with Gasteiger partial charge in [-0.15, -0.1) is 0 Å². The van der Waals surface area contributed by atoms with Crippen LogP contribution in [0.5, 0.6) is 5.75 Å². The Morgan fingerprint density at radius 2 is 2.12 bits per heavy atom. The lowest BCUT2D eigenvalue weighted by molar-refractivity contribution is 0.294. The number of rotatable bonds is 3. The molecule has 0 fully saturated rings. The molecule has 0 bridgehead atoms. The summed E-state index contributed by atoms with van der Waals surface area (Å²) in [6, 6.07) is 7.78. The van der Waals surface area contributed by atoms with Gasteiger partial charge in [0.1, 0.15) is 17.1 Å². The number of halogens is 1. The first-order valence-corrected chi connectivity index (χ1v) is 8.36. The van der Waals surface area contributed by atoms with Crippen LogP contribution in [0.4, 0.5) is 4.39 Å². The van der Waals surface area contributed by atoms with Crippen molar-refractivity contribution in [2.45, 2.75) is 13.0 Å². The molecule has 132 valence electrons. The number of benzene rings is 1. The van der Waals surface area contributed by atoms with E-state index in [2.05, 4.69) is 16.0 Å². The molecule has 1 aliphatic rings. The third kappa shape index (κ3) is 3.36. The van der Waals surface area contributed by atoms with Crippen molar-refractivity contribution in [2.75, 3.05) is 13.1 Å². The summed E-state index contributed by atoms with van der Waals surface area (Å²) < 4.78 is 18.5. The van der Waals surface area contributed by atoms with Gasteiger partial charge in [0.25, 0.3) is 0 Å². The van der Waals surface area contributed by atoms with Gasteiger partial charge in [-0.25, -0.2) is 9.18 Å². The zero-order chi connectivity index (χ0) is 18.1. The van der Waals surface area contributed by atoms with E-state index in [9.17, 15) is 14.3 Å². The molecule has 0 aliphatic carbocycles. The fraction of sp³-hybridized carbons (Fsp3) is 0.200. The van der Waals surface area contributed by atoms with E-state index in [1.807, 2.05) is 0 Å². The molecule has 26 heavy (non-hydrogen) atoms. The average Bonchev–Trinajstić information content (AvgIpc) is 2.62. The maximum absolute atomic E-state index is 13.3. The average molecular weight is 352 g/mol. The molecule has 0 saturated carbocycles. The first-order chi connectivity index (χ1) is 12.6. The van der Waals surface area contributed by atoms with E-state index in [1.165, 1.54) is 24.4 Å². The van der Waals surface area contributed by atoms with Crippen LogP contribution in [-0.4, -0.2) is 28.1 Å². The van der Waals surface area contributed by atoms with E-state index < -0.39 is 5.63 Å². The van der Waals surface area contributed by atoms with Crippen LogP contribution in [0.2, 0.25) is 0 Å². The van der Waals surface area contributed by atoms with Crippen LogP contribution in [0.1, 0.15) is 17.5 Å². The highest BCUT2D eigenvalue weighted by Crippen LogP contribution is 2.26. The predicted octanol–water partition coefficient (Wildman–Crippen LogP) is 3.32.